The Kier molecular flexibility index (Phi) is 3.17. The molecule has 0 bridgehead atoms. The summed E-state index contributed by atoms with van der Waals surface area (Å²) in [6.07, 6.45) is 3.26. The van der Waals surface area contributed by atoms with Gasteiger partial charge >= 0.3 is 0 Å². The number of hydrogen-bond donors (Lipinski definition) is 2. The normalized spacial score (nSPS) is 11.1. The number of aryl methyl sites for hydroxylation is 1. The number of aromatic nitrogens is 3. The molecule has 0 radical (unpaired) electrons. The summed E-state index contributed by atoms with van der Waals surface area (Å²) in [5.41, 5.74) is 12.1. The molecule has 0 unspecified atom stereocenters. The maximum absolute atomic E-state index is 13.8. The number of nitrogen functional groups attached to an aromatic ring is 2. The zero-order valence-corrected chi connectivity index (χ0v) is 11.1. The summed E-state index contributed by atoms with van der Waals surface area (Å²) in [6, 6.07) is 4.11. The second-order valence-corrected chi connectivity index (χ2v) is 4.73. The van der Waals surface area contributed by atoms with Crippen molar-refractivity contribution in [1.29, 1.82) is 0 Å². The van der Waals surface area contributed by atoms with Crippen LogP contribution in [0.1, 0.15) is 5.56 Å². The van der Waals surface area contributed by atoms with Gasteiger partial charge in [0, 0.05) is 17.5 Å². The van der Waals surface area contributed by atoms with Crippen LogP contribution in [0.3, 0.4) is 0 Å². The Balaban J connectivity index is 1.89. The Bertz CT molecular complexity index is 812. The van der Waals surface area contributed by atoms with E-state index in [0.717, 1.165) is 11.5 Å². The van der Waals surface area contributed by atoms with Crippen LogP contribution in [-0.4, -0.2) is 14.8 Å². The van der Waals surface area contributed by atoms with Crippen LogP contribution in [0.2, 0.25) is 0 Å². The SMILES string of the molecule is Nc1cnc2c(cnn2CCc2c(F)ccc(N)c2F)c1. The number of halogens is 2. The number of anilines is 2. The maximum atomic E-state index is 13.8. The molecule has 2 heterocycles. The Morgan fingerprint density at radius 2 is 1.95 bits per heavy atom. The highest BCUT2D eigenvalue weighted by molar-refractivity contribution is 5.77. The highest BCUT2D eigenvalue weighted by Crippen LogP contribution is 2.20. The molecule has 0 aliphatic carbocycles. The fraction of sp³-hybridized carbons (Fsp3) is 0.143. The third-order valence-electron chi connectivity index (χ3n) is 3.29. The number of benzene rings is 1. The molecule has 0 saturated carbocycles. The average molecular weight is 289 g/mol. The van der Waals surface area contributed by atoms with Gasteiger partial charge in [-0.25, -0.2) is 18.4 Å². The quantitative estimate of drug-likeness (QED) is 0.723. The lowest BCUT2D eigenvalue weighted by Gasteiger charge is -2.08. The molecule has 0 amide bonds. The lowest BCUT2D eigenvalue weighted by molar-refractivity contribution is 0.535. The summed E-state index contributed by atoms with van der Waals surface area (Å²) in [7, 11) is 0. The van der Waals surface area contributed by atoms with Gasteiger partial charge < -0.3 is 11.5 Å². The largest absolute Gasteiger partial charge is 0.397 e. The summed E-state index contributed by atoms with van der Waals surface area (Å²) < 4.78 is 29.1. The molecule has 0 spiro atoms. The van der Waals surface area contributed by atoms with Crippen molar-refractivity contribution < 1.29 is 8.78 Å². The highest BCUT2D eigenvalue weighted by Gasteiger charge is 2.13. The lowest BCUT2D eigenvalue weighted by atomic mass is 10.1. The standard InChI is InChI=1S/C14H13F2N5/c15-11-1-2-12(18)13(16)10(11)3-4-21-14-8(6-20-21)5-9(17)7-19-14/h1-2,5-7H,3-4,17-18H2. The molecular formula is C14H13F2N5. The van der Waals surface area contributed by atoms with E-state index in [1.165, 1.54) is 12.3 Å². The molecule has 3 rings (SSSR count). The fourth-order valence-electron chi connectivity index (χ4n) is 2.22. The van der Waals surface area contributed by atoms with E-state index >= 15 is 0 Å². The Hall–Kier alpha value is -2.70. The molecule has 3 aromatic rings. The van der Waals surface area contributed by atoms with Gasteiger partial charge in [-0.3, -0.25) is 0 Å². The van der Waals surface area contributed by atoms with E-state index in [0.29, 0.717) is 11.3 Å². The van der Waals surface area contributed by atoms with Gasteiger partial charge in [-0.15, -0.1) is 0 Å². The lowest BCUT2D eigenvalue weighted by Crippen LogP contribution is -2.08. The summed E-state index contributed by atoms with van der Waals surface area (Å²) in [5, 5.41) is 4.94. The van der Waals surface area contributed by atoms with Crippen LogP contribution in [0.4, 0.5) is 20.2 Å². The number of rotatable bonds is 3. The van der Waals surface area contributed by atoms with Crippen LogP contribution in [0.15, 0.2) is 30.6 Å². The van der Waals surface area contributed by atoms with Gasteiger partial charge in [-0.1, -0.05) is 0 Å². The van der Waals surface area contributed by atoms with Crippen LogP contribution in [-0.2, 0) is 13.0 Å². The maximum Gasteiger partial charge on any atom is 0.157 e. The van der Waals surface area contributed by atoms with E-state index in [-0.39, 0.29) is 24.2 Å². The number of hydrogen-bond acceptors (Lipinski definition) is 4. The summed E-state index contributed by atoms with van der Waals surface area (Å²) in [4.78, 5) is 4.18. The van der Waals surface area contributed by atoms with E-state index in [1.54, 1.807) is 16.9 Å². The molecular weight excluding hydrogens is 276 g/mol. The first kappa shape index (κ1) is 13.3. The third-order valence-corrected chi connectivity index (χ3v) is 3.29. The smallest absolute Gasteiger partial charge is 0.157 e. The summed E-state index contributed by atoms with van der Waals surface area (Å²) in [5.74, 6) is -1.33. The van der Waals surface area contributed by atoms with Crippen LogP contribution in [0.5, 0.6) is 0 Å². The highest BCUT2D eigenvalue weighted by atomic mass is 19.1. The van der Waals surface area contributed by atoms with Gasteiger partial charge in [0.15, 0.2) is 11.5 Å². The molecule has 1 aromatic carbocycles. The first-order chi connectivity index (χ1) is 10.1. The van der Waals surface area contributed by atoms with Gasteiger partial charge in [0.1, 0.15) is 5.82 Å². The van der Waals surface area contributed by atoms with Crippen molar-refractivity contribution in [1.82, 2.24) is 14.8 Å². The Morgan fingerprint density at radius 1 is 1.14 bits per heavy atom. The fourth-order valence-corrected chi connectivity index (χ4v) is 2.22. The summed E-state index contributed by atoms with van der Waals surface area (Å²) >= 11 is 0. The van der Waals surface area contributed by atoms with Gasteiger partial charge in [-0.2, -0.15) is 5.10 Å². The van der Waals surface area contributed by atoms with Crippen molar-refractivity contribution in [3.8, 4) is 0 Å². The minimum atomic E-state index is -0.719. The van der Waals surface area contributed by atoms with Gasteiger partial charge in [-0.05, 0) is 24.6 Å². The van der Waals surface area contributed by atoms with Crippen LogP contribution in [0, 0.1) is 11.6 Å². The zero-order valence-electron chi connectivity index (χ0n) is 11.1. The molecule has 0 aliphatic rings. The first-order valence-corrected chi connectivity index (χ1v) is 6.35. The zero-order chi connectivity index (χ0) is 15.0. The van der Waals surface area contributed by atoms with E-state index in [2.05, 4.69) is 10.1 Å². The average Bonchev–Trinajstić information content (AvgIpc) is 2.85. The molecule has 5 nitrogen and oxygen atoms in total. The molecule has 4 N–H and O–H groups in total. The molecule has 21 heavy (non-hydrogen) atoms. The third kappa shape index (κ3) is 2.37. The number of pyridine rings is 1. The minimum absolute atomic E-state index is 0.0471. The number of nitrogens with zero attached hydrogens (tertiary/aromatic N) is 3. The molecule has 2 aromatic heterocycles. The van der Waals surface area contributed by atoms with E-state index in [1.807, 2.05) is 0 Å². The van der Waals surface area contributed by atoms with E-state index in [9.17, 15) is 8.78 Å². The second kappa shape index (κ2) is 5.01. The molecule has 7 heteroatoms. The molecule has 0 fully saturated rings. The predicted molar refractivity (Wildman–Crippen MR) is 76.4 cm³/mol. The molecule has 0 atom stereocenters. The Labute approximate surface area is 119 Å². The van der Waals surface area contributed by atoms with E-state index in [4.69, 9.17) is 11.5 Å². The topological polar surface area (TPSA) is 82.8 Å². The summed E-state index contributed by atoms with van der Waals surface area (Å²) in [6.45, 7) is 0.289. The van der Waals surface area contributed by atoms with Gasteiger partial charge in [0.25, 0.3) is 0 Å². The number of fused-ring (bicyclic) bond motifs is 1. The van der Waals surface area contributed by atoms with E-state index < -0.39 is 11.6 Å². The second-order valence-electron chi connectivity index (χ2n) is 4.73. The monoisotopic (exact) mass is 289 g/mol. The van der Waals surface area contributed by atoms with Crippen LogP contribution < -0.4 is 11.5 Å². The van der Waals surface area contributed by atoms with Crippen molar-refractivity contribution in [3.05, 3.63) is 47.8 Å². The first-order valence-electron chi connectivity index (χ1n) is 6.35. The molecule has 108 valence electrons. The minimum Gasteiger partial charge on any atom is -0.397 e. The van der Waals surface area contributed by atoms with Gasteiger partial charge in [0.2, 0.25) is 0 Å². The van der Waals surface area contributed by atoms with Crippen molar-refractivity contribution in [2.24, 2.45) is 0 Å². The molecule has 0 saturated heterocycles. The Morgan fingerprint density at radius 3 is 2.76 bits per heavy atom. The number of nitrogens with two attached hydrogens (primary N) is 2. The van der Waals surface area contributed by atoms with Crippen LogP contribution >= 0.6 is 0 Å². The van der Waals surface area contributed by atoms with Crippen molar-refractivity contribution >= 4 is 22.4 Å². The van der Waals surface area contributed by atoms with Gasteiger partial charge in [0.05, 0.1) is 23.8 Å². The molecule has 0 aliphatic heterocycles. The predicted octanol–water partition coefficient (Wildman–Crippen LogP) is 2.12. The van der Waals surface area contributed by atoms with Crippen molar-refractivity contribution in [2.75, 3.05) is 11.5 Å². The van der Waals surface area contributed by atoms with Crippen molar-refractivity contribution in [2.45, 2.75) is 13.0 Å². The van der Waals surface area contributed by atoms with Crippen molar-refractivity contribution in [3.63, 3.8) is 0 Å². The van der Waals surface area contributed by atoms with Crippen LogP contribution in [0.25, 0.3) is 11.0 Å².